The maximum atomic E-state index is 6.20. The first-order valence-corrected chi connectivity index (χ1v) is 10.6. The van der Waals surface area contributed by atoms with Gasteiger partial charge in [0, 0.05) is 11.9 Å². The van der Waals surface area contributed by atoms with Crippen LogP contribution in [0.4, 0.5) is 0 Å². The van der Waals surface area contributed by atoms with Gasteiger partial charge < -0.3 is 4.43 Å². The first kappa shape index (κ1) is 15.9. The molecule has 0 aliphatic carbocycles. The van der Waals surface area contributed by atoms with Crippen molar-refractivity contribution in [1.29, 1.82) is 0 Å². The number of halogens is 1. The lowest BCUT2D eigenvalue weighted by Crippen LogP contribution is -2.41. The summed E-state index contributed by atoms with van der Waals surface area (Å²) in [5, 5.41) is 1.22. The molecular formula is C15H25BrOSi. The fourth-order valence-corrected chi connectivity index (χ4v) is 2.90. The molecule has 0 fully saturated rings. The molecule has 0 amide bonds. The van der Waals surface area contributed by atoms with Gasteiger partial charge >= 0.3 is 0 Å². The van der Waals surface area contributed by atoms with Gasteiger partial charge in [0.05, 0.1) is 0 Å². The second kappa shape index (κ2) is 6.35. The number of alkyl halides is 1. The summed E-state index contributed by atoms with van der Waals surface area (Å²) < 4.78 is 6.20. The van der Waals surface area contributed by atoms with Gasteiger partial charge in [-0.15, -0.1) is 0 Å². The van der Waals surface area contributed by atoms with Crippen molar-refractivity contribution < 1.29 is 4.43 Å². The molecule has 0 aliphatic heterocycles. The largest absolute Gasteiger partial charge is 0.416 e. The topological polar surface area (TPSA) is 9.23 Å². The Morgan fingerprint density at radius 1 is 1.17 bits per heavy atom. The van der Waals surface area contributed by atoms with Crippen LogP contribution in [0.3, 0.4) is 0 Å². The fourth-order valence-electron chi connectivity index (χ4n) is 1.51. The highest BCUT2D eigenvalue weighted by molar-refractivity contribution is 9.08. The first-order chi connectivity index (χ1) is 8.26. The standard InChI is InChI=1S/C15H25BrOSi/c1-15(2,3)18(4,5)17-10-9-13-7-6-8-14(11-13)12-16/h6-8,11H,9-10,12H2,1-5H3. The molecule has 0 atom stereocenters. The van der Waals surface area contributed by atoms with Crippen LogP contribution < -0.4 is 0 Å². The van der Waals surface area contributed by atoms with E-state index in [1.165, 1.54) is 11.1 Å². The minimum absolute atomic E-state index is 0.296. The van der Waals surface area contributed by atoms with Gasteiger partial charge in [-0.1, -0.05) is 61.0 Å². The van der Waals surface area contributed by atoms with Crippen molar-refractivity contribution in [2.24, 2.45) is 0 Å². The summed E-state index contributed by atoms with van der Waals surface area (Å²) in [5.74, 6) is 0. The van der Waals surface area contributed by atoms with Gasteiger partial charge in [0.25, 0.3) is 0 Å². The lowest BCUT2D eigenvalue weighted by molar-refractivity contribution is 0.292. The van der Waals surface area contributed by atoms with E-state index >= 15 is 0 Å². The summed E-state index contributed by atoms with van der Waals surface area (Å²) in [6, 6.07) is 8.70. The molecule has 1 aromatic rings. The van der Waals surface area contributed by atoms with Crippen LogP contribution in [0.15, 0.2) is 24.3 Å². The zero-order chi connectivity index (χ0) is 13.8. The molecule has 0 spiro atoms. The molecule has 102 valence electrons. The lowest BCUT2D eigenvalue weighted by Gasteiger charge is -2.36. The Morgan fingerprint density at radius 2 is 1.78 bits per heavy atom. The average molecular weight is 329 g/mol. The predicted molar refractivity (Wildman–Crippen MR) is 85.9 cm³/mol. The van der Waals surface area contributed by atoms with Crippen LogP contribution >= 0.6 is 15.9 Å². The summed E-state index contributed by atoms with van der Waals surface area (Å²) >= 11 is 3.49. The Hall–Kier alpha value is -0.123. The summed E-state index contributed by atoms with van der Waals surface area (Å²) in [7, 11) is -1.59. The van der Waals surface area contributed by atoms with Gasteiger partial charge in [0.15, 0.2) is 8.32 Å². The summed E-state index contributed by atoms with van der Waals surface area (Å²) in [6.07, 6.45) is 1.01. The van der Waals surface area contributed by atoms with Crippen LogP contribution in [0.1, 0.15) is 31.9 Å². The van der Waals surface area contributed by atoms with Crippen LogP contribution in [0, 0.1) is 0 Å². The summed E-state index contributed by atoms with van der Waals surface area (Å²) in [5.41, 5.74) is 2.70. The minimum atomic E-state index is -1.59. The molecule has 0 bridgehead atoms. The van der Waals surface area contributed by atoms with Crippen molar-refractivity contribution in [2.75, 3.05) is 6.61 Å². The first-order valence-electron chi connectivity index (χ1n) is 6.54. The van der Waals surface area contributed by atoms with Crippen LogP contribution in [0.25, 0.3) is 0 Å². The maximum Gasteiger partial charge on any atom is 0.191 e. The highest BCUT2D eigenvalue weighted by Crippen LogP contribution is 2.36. The van der Waals surface area contributed by atoms with E-state index in [0.29, 0.717) is 5.04 Å². The molecule has 1 aromatic carbocycles. The molecule has 0 heterocycles. The van der Waals surface area contributed by atoms with Crippen molar-refractivity contribution in [2.45, 2.75) is 50.7 Å². The van der Waals surface area contributed by atoms with E-state index in [-0.39, 0.29) is 0 Å². The fraction of sp³-hybridized carbons (Fsp3) is 0.600. The minimum Gasteiger partial charge on any atom is -0.416 e. The zero-order valence-corrected chi connectivity index (χ0v) is 14.8. The Balaban J connectivity index is 2.51. The van der Waals surface area contributed by atoms with Gasteiger partial charge in [-0.05, 0) is 35.7 Å². The van der Waals surface area contributed by atoms with E-state index in [1.54, 1.807) is 0 Å². The van der Waals surface area contributed by atoms with E-state index in [1.807, 2.05) is 0 Å². The third-order valence-corrected chi connectivity index (χ3v) is 8.99. The van der Waals surface area contributed by atoms with E-state index in [2.05, 4.69) is 74.1 Å². The maximum absolute atomic E-state index is 6.20. The Morgan fingerprint density at radius 3 is 2.33 bits per heavy atom. The molecule has 18 heavy (non-hydrogen) atoms. The molecule has 0 saturated heterocycles. The third-order valence-electron chi connectivity index (χ3n) is 3.81. The lowest BCUT2D eigenvalue weighted by atomic mass is 10.1. The van der Waals surface area contributed by atoms with Gasteiger partial charge in [-0.3, -0.25) is 0 Å². The number of hydrogen-bond acceptors (Lipinski definition) is 1. The highest BCUT2D eigenvalue weighted by atomic mass is 79.9. The van der Waals surface area contributed by atoms with Gasteiger partial charge in [-0.25, -0.2) is 0 Å². The van der Waals surface area contributed by atoms with Crippen LogP contribution in [-0.2, 0) is 16.2 Å². The van der Waals surface area contributed by atoms with Crippen LogP contribution in [0.2, 0.25) is 18.1 Å². The average Bonchev–Trinajstić information content (AvgIpc) is 2.27. The molecule has 1 rings (SSSR count). The highest BCUT2D eigenvalue weighted by Gasteiger charge is 2.36. The molecule has 1 nitrogen and oxygen atoms in total. The Labute approximate surface area is 121 Å². The molecule has 0 aromatic heterocycles. The molecule has 0 aliphatic rings. The predicted octanol–water partition coefficient (Wildman–Crippen LogP) is 5.15. The number of benzene rings is 1. The number of hydrogen-bond donors (Lipinski definition) is 0. The smallest absolute Gasteiger partial charge is 0.191 e. The van der Waals surface area contributed by atoms with Crippen molar-refractivity contribution in [3.05, 3.63) is 35.4 Å². The zero-order valence-electron chi connectivity index (χ0n) is 12.2. The van der Waals surface area contributed by atoms with Crippen molar-refractivity contribution >= 4 is 24.2 Å². The molecule has 0 unspecified atom stereocenters. The second-order valence-corrected chi connectivity index (χ2v) is 11.7. The molecule has 0 saturated carbocycles. The Kier molecular flexibility index (Phi) is 5.62. The van der Waals surface area contributed by atoms with E-state index in [9.17, 15) is 0 Å². The normalized spacial score (nSPS) is 12.8. The summed E-state index contributed by atoms with van der Waals surface area (Å²) in [4.78, 5) is 0. The number of rotatable bonds is 5. The van der Waals surface area contributed by atoms with Crippen molar-refractivity contribution in [3.63, 3.8) is 0 Å². The van der Waals surface area contributed by atoms with E-state index in [0.717, 1.165) is 18.4 Å². The van der Waals surface area contributed by atoms with Crippen LogP contribution in [0.5, 0.6) is 0 Å². The van der Waals surface area contributed by atoms with Crippen molar-refractivity contribution in [1.82, 2.24) is 0 Å². The van der Waals surface area contributed by atoms with Crippen LogP contribution in [-0.4, -0.2) is 14.9 Å². The Bertz CT molecular complexity index is 382. The molecule has 0 N–H and O–H groups in total. The van der Waals surface area contributed by atoms with Gasteiger partial charge in [0.2, 0.25) is 0 Å². The quantitative estimate of drug-likeness (QED) is 0.536. The molecule has 0 radical (unpaired) electrons. The van der Waals surface area contributed by atoms with E-state index in [4.69, 9.17) is 4.43 Å². The monoisotopic (exact) mass is 328 g/mol. The van der Waals surface area contributed by atoms with Gasteiger partial charge in [-0.2, -0.15) is 0 Å². The summed E-state index contributed by atoms with van der Waals surface area (Å²) in [6.45, 7) is 12.3. The molecule has 3 heteroatoms. The van der Waals surface area contributed by atoms with Gasteiger partial charge in [0.1, 0.15) is 0 Å². The van der Waals surface area contributed by atoms with Crippen molar-refractivity contribution in [3.8, 4) is 0 Å². The van der Waals surface area contributed by atoms with E-state index < -0.39 is 8.32 Å². The molecular weight excluding hydrogens is 304 g/mol. The SMILES string of the molecule is CC(C)(C)[Si](C)(C)OCCc1cccc(CBr)c1. The third kappa shape index (κ3) is 4.52. The second-order valence-electron chi connectivity index (χ2n) is 6.31.